The fourth-order valence-electron chi connectivity index (χ4n) is 1.39. The number of aryl methyl sites for hydroxylation is 1. The maximum Gasteiger partial charge on any atom is 0.360 e. The van der Waals surface area contributed by atoms with Crippen molar-refractivity contribution in [1.29, 1.82) is 0 Å². The Morgan fingerprint density at radius 1 is 1.59 bits per heavy atom. The molecule has 8 nitrogen and oxygen atoms in total. The van der Waals surface area contributed by atoms with E-state index in [0.29, 0.717) is 13.2 Å². The van der Waals surface area contributed by atoms with Crippen LogP contribution < -0.4 is 5.14 Å². The Hall–Kier alpha value is -1.45. The zero-order chi connectivity index (χ0) is 12.6. The molecule has 0 bridgehead atoms. The van der Waals surface area contributed by atoms with E-state index in [1.807, 2.05) is 0 Å². The lowest BCUT2D eigenvalue weighted by Gasteiger charge is -2.25. The number of carbonyl (C=O) groups is 1. The predicted molar refractivity (Wildman–Crippen MR) is 54.7 cm³/mol. The molecule has 1 saturated heterocycles. The van der Waals surface area contributed by atoms with E-state index in [9.17, 15) is 13.2 Å². The molecule has 0 radical (unpaired) electrons. The second-order valence-corrected chi connectivity index (χ2v) is 5.13. The fraction of sp³-hybridized carbons (Fsp3) is 0.500. The topological polar surface area (TPSA) is 124 Å². The first-order valence-electron chi connectivity index (χ1n) is 4.76. The van der Waals surface area contributed by atoms with Gasteiger partial charge in [0.05, 0.1) is 18.9 Å². The van der Waals surface area contributed by atoms with Crippen molar-refractivity contribution in [3.63, 3.8) is 0 Å². The van der Waals surface area contributed by atoms with E-state index in [1.165, 1.54) is 6.92 Å². The van der Waals surface area contributed by atoms with Gasteiger partial charge in [0.25, 0.3) is 0 Å². The summed E-state index contributed by atoms with van der Waals surface area (Å²) in [5.41, 5.74) is -0.124. The molecule has 0 saturated carbocycles. The van der Waals surface area contributed by atoms with Crippen molar-refractivity contribution in [3.8, 4) is 0 Å². The van der Waals surface area contributed by atoms with Crippen molar-refractivity contribution in [3.05, 3.63) is 11.4 Å². The molecule has 1 aliphatic heterocycles. The number of rotatable bonds is 3. The third-order valence-electron chi connectivity index (χ3n) is 2.25. The fourth-order valence-corrected chi connectivity index (χ4v) is 2.27. The largest absolute Gasteiger partial charge is 0.453 e. The molecule has 2 heterocycles. The Morgan fingerprint density at radius 2 is 2.24 bits per heavy atom. The number of carbonyl (C=O) groups excluding carboxylic acids is 1. The molecule has 1 aromatic heterocycles. The summed E-state index contributed by atoms with van der Waals surface area (Å²) in [5.74, 6) is -0.827. The lowest BCUT2D eigenvalue weighted by Crippen LogP contribution is -2.38. The van der Waals surface area contributed by atoms with Crippen LogP contribution in [0.5, 0.6) is 0 Å². The molecule has 0 aromatic carbocycles. The molecule has 1 aromatic rings. The van der Waals surface area contributed by atoms with Crippen LogP contribution in [-0.4, -0.2) is 43.9 Å². The molecule has 0 amide bonds. The van der Waals surface area contributed by atoms with E-state index in [2.05, 4.69) is 10.2 Å². The first kappa shape index (κ1) is 12.0. The Balaban J connectivity index is 2.29. The summed E-state index contributed by atoms with van der Waals surface area (Å²) >= 11 is 0. The van der Waals surface area contributed by atoms with Crippen LogP contribution >= 0.6 is 0 Å². The summed E-state index contributed by atoms with van der Waals surface area (Å²) in [6.07, 6.45) is -0.354. The minimum Gasteiger partial charge on any atom is -0.453 e. The Morgan fingerprint density at radius 3 is 2.71 bits per heavy atom. The monoisotopic (exact) mass is 261 g/mol. The van der Waals surface area contributed by atoms with Crippen molar-refractivity contribution in [2.75, 3.05) is 13.2 Å². The average molecular weight is 261 g/mol. The number of sulfonamides is 1. The molecule has 9 heteroatoms. The summed E-state index contributed by atoms with van der Waals surface area (Å²) in [4.78, 5) is 11.3. The van der Waals surface area contributed by atoms with Gasteiger partial charge in [0, 0.05) is 0 Å². The van der Waals surface area contributed by atoms with E-state index < -0.39 is 16.0 Å². The number of ether oxygens (including phenoxy) is 2. The van der Waals surface area contributed by atoms with Crippen molar-refractivity contribution in [2.24, 2.45) is 5.14 Å². The van der Waals surface area contributed by atoms with Gasteiger partial charge in [0.15, 0.2) is 5.69 Å². The van der Waals surface area contributed by atoms with E-state index in [-0.39, 0.29) is 22.4 Å². The molecule has 94 valence electrons. The first-order chi connectivity index (χ1) is 7.89. The zero-order valence-corrected chi connectivity index (χ0v) is 9.78. The summed E-state index contributed by atoms with van der Waals surface area (Å²) in [6.45, 7) is 2.07. The van der Waals surface area contributed by atoms with Gasteiger partial charge in [-0.1, -0.05) is 0 Å². The van der Waals surface area contributed by atoms with Crippen LogP contribution in [-0.2, 0) is 19.5 Å². The highest BCUT2D eigenvalue weighted by Gasteiger charge is 2.30. The number of H-pyrrole nitrogens is 1. The zero-order valence-electron chi connectivity index (χ0n) is 8.97. The van der Waals surface area contributed by atoms with Gasteiger partial charge in [0.1, 0.15) is 11.0 Å². The number of aromatic nitrogens is 2. The Labute approximate surface area is 97.1 Å². The normalized spacial score (nSPS) is 16.6. The number of hydrogen-bond acceptors (Lipinski definition) is 6. The van der Waals surface area contributed by atoms with Crippen molar-refractivity contribution in [2.45, 2.75) is 17.9 Å². The molecule has 1 aliphatic rings. The number of aromatic amines is 1. The SMILES string of the molecule is Cc1[nH]nc(C(=O)OC2COC2)c1S(N)(=O)=O. The lowest BCUT2D eigenvalue weighted by atomic mass is 10.3. The number of nitrogens with two attached hydrogens (primary N) is 1. The van der Waals surface area contributed by atoms with Gasteiger partial charge in [0.2, 0.25) is 10.0 Å². The third kappa shape index (κ3) is 2.30. The maximum absolute atomic E-state index is 11.6. The highest BCUT2D eigenvalue weighted by Crippen LogP contribution is 2.18. The minimum absolute atomic E-state index is 0.198. The summed E-state index contributed by atoms with van der Waals surface area (Å²) in [7, 11) is -4.02. The number of nitrogens with zero attached hydrogens (tertiary/aromatic N) is 1. The second kappa shape index (κ2) is 4.09. The van der Waals surface area contributed by atoms with Gasteiger partial charge in [-0.3, -0.25) is 5.10 Å². The van der Waals surface area contributed by atoms with Crippen LogP contribution in [0.15, 0.2) is 4.90 Å². The molecule has 3 N–H and O–H groups in total. The summed E-state index contributed by atoms with van der Waals surface area (Å²) < 4.78 is 32.4. The predicted octanol–water partition coefficient (Wildman–Crippen LogP) is -1.08. The summed E-state index contributed by atoms with van der Waals surface area (Å²) in [6, 6.07) is 0. The number of hydrogen-bond donors (Lipinski definition) is 2. The standard InChI is InChI=1S/C8H11N3O5S/c1-4-7(17(9,13)14)6(11-10-4)8(12)16-5-2-15-3-5/h5H,2-3H2,1H3,(H,10,11)(H2,9,13,14). The maximum atomic E-state index is 11.6. The van der Waals surface area contributed by atoms with Gasteiger partial charge in [-0.15, -0.1) is 0 Å². The number of nitrogens with one attached hydrogen (secondary N) is 1. The van der Waals surface area contributed by atoms with Crippen molar-refractivity contribution in [1.82, 2.24) is 10.2 Å². The van der Waals surface area contributed by atoms with Crippen molar-refractivity contribution >= 4 is 16.0 Å². The van der Waals surface area contributed by atoms with Crippen LogP contribution in [0.1, 0.15) is 16.2 Å². The van der Waals surface area contributed by atoms with Crippen LogP contribution in [0, 0.1) is 6.92 Å². The smallest absolute Gasteiger partial charge is 0.360 e. The van der Waals surface area contributed by atoms with Gasteiger partial charge in [-0.05, 0) is 6.92 Å². The Bertz CT molecular complexity index is 546. The molecular formula is C8H11N3O5S. The quantitative estimate of drug-likeness (QED) is 0.667. The van der Waals surface area contributed by atoms with E-state index >= 15 is 0 Å². The molecule has 17 heavy (non-hydrogen) atoms. The van der Waals surface area contributed by atoms with Crippen LogP contribution in [0.25, 0.3) is 0 Å². The van der Waals surface area contributed by atoms with Gasteiger partial charge in [-0.2, -0.15) is 5.10 Å². The molecule has 0 spiro atoms. The van der Waals surface area contributed by atoms with E-state index in [0.717, 1.165) is 0 Å². The number of primary sulfonamides is 1. The van der Waals surface area contributed by atoms with Gasteiger partial charge >= 0.3 is 5.97 Å². The van der Waals surface area contributed by atoms with Gasteiger partial charge < -0.3 is 9.47 Å². The second-order valence-electron chi connectivity index (χ2n) is 3.64. The van der Waals surface area contributed by atoms with Crippen LogP contribution in [0.2, 0.25) is 0 Å². The first-order valence-corrected chi connectivity index (χ1v) is 6.30. The molecule has 0 unspecified atom stereocenters. The molecule has 1 fully saturated rings. The van der Waals surface area contributed by atoms with Gasteiger partial charge in [-0.25, -0.2) is 18.4 Å². The molecule has 0 atom stereocenters. The third-order valence-corrected chi connectivity index (χ3v) is 3.32. The summed E-state index contributed by atoms with van der Waals surface area (Å²) in [5, 5.41) is 11.0. The highest BCUT2D eigenvalue weighted by atomic mass is 32.2. The van der Waals surface area contributed by atoms with Crippen LogP contribution in [0.3, 0.4) is 0 Å². The highest BCUT2D eigenvalue weighted by molar-refractivity contribution is 7.89. The minimum atomic E-state index is -4.02. The molecule has 2 rings (SSSR count). The number of esters is 1. The van der Waals surface area contributed by atoms with E-state index in [1.54, 1.807) is 0 Å². The van der Waals surface area contributed by atoms with Crippen LogP contribution in [0.4, 0.5) is 0 Å². The lowest BCUT2D eigenvalue weighted by molar-refractivity contribution is -0.103. The Kier molecular flexibility index (Phi) is 2.89. The molecular weight excluding hydrogens is 250 g/mol. The van der Waals surface area contributed by atoms with Crippen molar-refractivity contribution < 1.29 is 22.7 Å². The van der Waals surface area contributed by atoms with E-state index in [4.69, 9.17) is 14.6 Å². The average Bonchev–Trinajstić information content (AvgIpc) is 2.52. The molecule has 0 aliphatic carbocycles.